The summed E-state index contributed by atoms with van der Waals surface area (Å²) in [6.07, 6.45) is 6.70. The fraction of sp³-hybridized carbons (Fsp3) is 0.750. The van der Waals surface area contributed by atoms with E-state index in [-0.39, 0.29) is 5.41 Å². The average Bonchev–Trinajstić information content (AvgIpc) is 2.79. The largest absolute Gasteiger partial charge is 0.389 e. The number of hydrogen-bond acceptors (Lipinski definition) is 2. The zero-order chi connectivity index (χ0) is 11.1. The Morgan fingerprint density at radius 2 is 2.27 bits per heavy atom. The molecule has 1 fully saturated rings. The molecule has 84 valence electrons. The summed E-state index contributed by atoms with van der Waals surface area (Å²) in [6.45, 7) is 7.11. The Labute approximate surface area is 91.1 Å². The molecule has 1 heterocycles. The summed E-state index contributed by atoms with van der Waals surface area (Å²) in [5, 5.41) is 10.5. The van der Waals surface area contributed by atoms with E-state index in [1.54, 1.807) is 0 Å². The summed E-state index contributed by atoms with van der Waals surface area (Å²) < 4.78 is 2.10. The van der Waals surface area contributed by atoms with Gasteiger partial charge in [0, 0.05) is 25.4 Å². The van der Waals surface area contributed by atoms with Crippen LogP contribution < -0.4 is 0 Å². The van der Waals surface area contributed by atoms with Gasteiger partial charge in [-0.1, -0.05) is 6.92 Å². The number of nitrogens with zero attached hydrogens (tertiary/aromatic N) is 2. The van der Waals surface area contributed by atoms with Gasteiger partial charge in [-0.25, -0.2) is 4.98 Å². The van der Waals surface area contributed by atoms with Gasteiger partial charge in [0.05, 0.1) is 5.60 Å². The van der Waals surface area contributed by atoms with E-state index in [1.807, 2.05) is 19.3 Å². The van der Waals surface area contributed by atoms with Crippen molar-refractivity contribution >= 4 is 0 Å². The molecule has 1 unspecified atom stereocenters. The topological polar surface area (TPSA) is 38.0 Å². The van der Waals surface area contributed by atoms with E-state index in [1.165, 1.54) is 0 Å². The lowest BCUT2D eigenvalue weighted by Crippen LogP contribution is -2.37. The summed E-state index contributed by atoms with van der Waals surface area (Å²) in [6, 6.07) is 0. The molecule has 3 nitrogen and oxygen atoms in total. The number of imidazole rings is 1. The van der Waals surface area contributed by atoms with Gasteiger partial charge in [0.2, 0.25) is 0 Å². The fourth-order valence-corrected chi connectivity index (χ4v) is 2.04. The Morgan fingerprint density at radius 1 is 1.60 bits per heavy atom. The minimum absolute atomic E-state index is 0.109. The van der Waals surface area contributed by atoms with Crippen LogP contribution in [0.1, 0.15) is 39.4 Å². The van der Waals surface area contributed by atoms with Crippen LogP contribution in [0, 0.1) is 5.41 Å². The fourth-order valence-electron chi connectivity index (χ4n) is 2.04. The smallest absolute Gasteiger partial charge is 0.111 e. The van der Waals surface area contributed by atoms with Gasteiger partial charge in [-0.15, -0.1) is 0 Å². The highest BCUT2D eigenvalue weighted by Crippen LogP contribution is 2.54. The van der Waals surface area contributed by atoms with E-state index in [9.17, 15) is 5.11 Å². The Kier molecular flexibility index (Phi) is 2.38. The molecule has 15 heavy (non-hydrogen) atoms. The van der Waals surface area contributed by atoms with E-state index < -0.39 is 5.60 Å². The van der Waals surface area contributed by atoms with Gasteiger partial charge in [-0.3, -0.25) is 0 Å². The minimum atomic E-state index is -0.620. The molecule has 0 aliphatic heterocycles. The molecule has 1 aromatic heterocycles. The summed E-state index contributed by atoms with van der Waals surface area (Å²) in [4.78, 5) is 4.32. The van der Waals surface area contributed by atoms with Crippen LogP contribution >= 0.6 is 0 Å². The van der Waals surface area contributed by atoms with E-state index in [0.717, 1.165) is 25.2 Å². The summed E-state index contributed by atoms with van der Waals surface area (Å²) >= 11 is 0. The monoisotopic (exact) mass is 208 g/mol. The molecule has 1 atom stereocenters. The van der Waals surface area contributed by atoms with Crippen molar-refractivity contribution in [2.24, 2.45) is 5.41 Å². The first-order valence-electron chi connectivity index (χ1n) is 5.71. The zero-order valence-electron chi connectivity index (χ0n) is 9.82. The van der Waals surface area contributed by atoms with Crippen LogP contribution in [0.4, 0.5) is 0 Å². The number of aromatic nitrogens is 2. The molecule has 0 radical (unpaired) electrons. The highest BCUT2D eigenvalue weighted by molar-refractivity contribution is 5.08. The van der Waals surface area contributed by atoms with E-state index in [2.05, 4.69) is 23.4 Å². The molecule has 0 amide bonds. The Balaban J connectivity index is 2.14. The first-order valence-corrected chi connectivity index (χ1v) is 5.71. The van der Waals surface area contributed by atoms with Crippen molar-refractivity contribution in [3.8, 4) is 0 Å². The predicted molar refractivity (Wildman–Crippen MR) is 59.6 cm³/mol. The molecule has 2 rings (SSSR count). The van der Waals surface area contributed by atoms with Crippen molar-refractivity contribution < 1.29 is 5.11 Å². The molecule has 1 saturated carbocycles. The van der Waals surface area contributed by atoms with Gasteiger partial charge in [0.15, 0.2) is 0 Å². The number of aryl methyl sites for hydroxylation is 1. The van der Waals surface area contributed by atoms with Gasteiger partial charge in [-0.05, 0) is 32.1 Å². The molecular formula is C12H20N2O. The number of aliphatic hydroxyl groups is 1. The van der Waals surface area contributed by atoms with Crippen LogP contribution in [0.5, 0.6) is 0 Å². The predicted octanol–water partition coefficient (Wildman–Crippen LogP) is 2.00. The zero-order valence-corrected chi connectivity index (χ0v) is 9.82. The first kappa shape index (κ1) is 10.7. The van der Waals surface area contributed by atoms with Gasteiger partial charge < -0.3 is 9.67 Å². The van der Waals surface area contributed by atoms with Crippen molar-refractivity contribution in [1.29, 1.82) is 0 Å². The van der Waals surface area contributed by atoms with E-state index in [4.69, 9.17) is 0 Å². The summed E-state index contributed by atoms with van der Waals surface area (Å²) in [5.74, 6) is 0.996. The maximum Gasteiger partial charge on any atom is 0.111 e. The van der Waals surface area contributed by atoms with Crippen LogP contribution in [-0.2, 0) is 13.0 Å². The second kappa shape index (κ2) is 3.34. The van der Waals surface area contributed by atoms with E-state index >= 15 is 0 Å². The van der Waals surface area contributed by atoms with Gasteiger partial charge in [0.25, 0.3) is 0 Å². The lowest BCUT2D eigenvalue weighted by molar-refractivity contribution is -0.00934. The molecule has 1 aliphatic rings. The van der Waals surface area contributed by atoms with Gasteiger partial charge in [0.1, 0.15) is 5.82 Å². The van der Waals surface area contributed by atoms with E-state index in [0.29, 0.717) is 6.42 Å². The minimum Gasteiger partial charge on any atom is -0.389 e. The molecule has 1 N–H and O–H groups in total. The highest BCUT2D eigenvalue weighted by atomic mass is 16.3. The molecule has 0 spiro atoms. The number of rotatable bonds is 4. The van der Waals surface area contributed by atoms with Crippen LogP contribution in [0.15, 0.2) is 12.4 Å². The van der Waals surface area contributed by atoms with Crippen molar-refractivity contribution in [3.05, 3.63) is 18.2 Å². The van der Waals surface area contributed by atoms with Crippen LogP contribution in [0.3, 0.4) is 0 Å². The highest BCUT2D eigenvalue weighted by Gasteiger charge is 2.52. The average molecular weight is 208 g/mol. The van der Waals surface area contributed by atoms with Crippen molar-refractivity contribution in [2.75, 3.05) is 0 Å². The van der Waals surface area contributed by atoms with Crippen molar-refractivity contribution in [2.45, 2.75) is 52.2 Å². The quantitative estimate of drug-likeness (QED) is 0.821. The lowest BCUT2D eigenvalue weighted by Gasteiger charge is -2.30. The molecule has 0 saturated heterocycles. The van der Waals surface area contributed by atoms with Crippen LogP contribution in [0.25, 0.3) is 0 Å². The normalized spacial score (nSPS) is 22.4. The van der Waals surface area contributed by atoms with Crippen molar-refractivity contribution in [1.82, 2.24) is 9.55 Å². The molecule has 1 aliphatic carbocycles. The maximum absolute atomic E-state index is 10.5. The molecule has 1 aromatic rings. The van der Waals surface area contributed by atoms with Crippen molar-refractivity contribution in [3.63, 3.8) is 0 Å². The molecule has 0 aromatic carbocycles. The summed E-state index contributed by atoms with van der Waals surface area (Å²) in [5.41, 5.74) is -0.511. The molecule has 3 heteroatoms. The van der Waals surface area contributed by atoms with Crippen LogP contribution in [0.2, 0.25) is 0 Å². The third-order valence-electron chi connectivity index (χ3n) is 3.94. The Hall–Kier alpha value is -0.830. The molecular weight excluding hydrogens is 188 g/mol. The molecule has 0 bridgehead atoms. The lowest BCUT2D eigenvalue weighted by atomic mass is 9.84. The second-order valence-electron chi connectivity index (χ2n) is 5.14. The SMILES string of the molecule is CCn1ccnc1CC(C)(O)C1(C)CC1. The van der Waals surface area contributed by atoms with Crippen LogP contribution in [-0.4, -0.2) is 20.3 Å². The second-order valence-corrected chi connectivity index (χ2v) is 5.14. The third-order valence-corrected chi connectivity index (χ3v) is 3.94. The maximum atomic E-state index is 10.5. The first-order chi connectivity index (χ1) is 6.98. The Bertz CT molecular complexity index is 350. The Morgan fingerprint density at radius 3 is 2.80 bits per heavy atom. The summed E-state index contributed by atoms with van der Waals surface area (Å²) in [7, 11) is 0. The third kappa shape index (κ3) is 1.81. The van der Waals surface area contributed by atoms with Gasteiger partial charge in [-0.2, -0.15) is 0 Å². The standard InChI is InChI=1S/C12H20N2O/c1-4-14-8-7-13-10(14)9-12(3,15)11(2)5-6-11/h7-8,15H,4-6,9H2,1-3H3. The van der Waals surface area contributed by atoms with Gasteiger partial charge >= 0.3 is 0 Å². The number of hydrogen-bond donors (Lipinski definition) is 1.